The van der Waals surface area contributed by atoms with Gasteiger partial charge in [0.05, 0.1) is 18.3 Å². The highest BCUT2D eigenvalue weighted by Gasteiger charge is 2.08. The van der Waals surface area contributed by atoms with Crippen molar-refractivity contribution in [1.82, 2.24) is 15.0 Å². The number of benzene rings is 2. The summed E-state index contributed by atoms with van der Waals surface area (Å²) in [6.07, 6.45) is 0. The second kappa shape index (κ2) is 5.51. The quantitative estimate of drug-likeness (QED) is 0.740. The van der Waals surface area contributed by atoms with Crippen molar-refractivity contribution in [2.75, 3.05) is 11.8 Å². The molecule has 1 unspecified atom stereocenters. The summed E-state index contributed by atoms with van der Waals surface area (Å²) in [6.45, 7) is 0. The van der Waals surface area contributed by atoms with Crippen LogP contribution in [-0.4, -0.2) is 30.9 Å². The number of ether oxygens (including phenoxy) is 1. The first-order valence-electron chi connectivity index (χ1n) is 6.03. The van der Waals surface area contributed by atoms with E-state index in [4.69, 9.17) is 4.74 Å². The second-order valence-electron chi connectivity index (χ2n) is 4.24. The van der Waals surface area contributed by atoms with Crippen molar-refractivity contribution in [3.8, 4) is 11.4 Å². The van der Waals surface area contributed by atoms with Gasteiger partial charge in [0.15, 0.2) is 0 Å². The first-order valence-corrected chi connectivity index (χ1v) is 7.10. The molecule has 1 aromatic heterocycles. The molecule has 108 valence electrons. The predicted molar refractivity (Wildman–Crippen MR) is 78.0 cm³/mol. The summed E-state index contributed by atoms with van der Waals surface area (Å²) >= 11 is -2.36. The predicted octanol–water partition coefficient (Wildman–Crippen LogP) is 1.64. The first-order chi connectivity index (χ1) is 10.2. The zero-order valence-corrected chi connectivity index (χ0v) is 11.8. The van der Waals surface area contributed by atoms with Crippen molar-refractivity contribution >= 4 is 28.0 Å². The molecular weight excluding hydrogens is 292 g/mol. The molecule has 0 fully saturated rings. The molecule has 1 N–H and O–H groups in total. The zero-order chi connectivity index (χ0) is 14.8. The Hall–Kier alpha value is -2.45. The Kier molecular flexibility index (Phi) is 3.55. The average Bonchev–Trinajstić information content (AvgIpc) is 2.89. The molecule has 0 amide bonds. The number of fused-ring (bicyclic) bond motifs is 1. The van der Waals surface area contributed by atoms with Gasteiger partial charge in [0.2, 0.25) is 0 Å². The molecule has 0 aliphatic rings. The number of nitrogens with one attached hydrogen (secondary N) is 1. The number of rotatable bonds is 4. The molecule has 0 aliphatic heterocycles. The smallest absolute Gasteiger partial charge is 0.121 e. The van der Waals surface area contributed by atoms with E-state index in [1.54, 1.807) is 36.1 Å². The molecule has 1 heterocycles. The van der Waals surface area contributed by atoms with E-state index in [9.17, 15) is 8.76 Å². The summed E-state index contributed by atoms with van der Waals surface area (Å²) in [4.78, 5) is 0. The van der Waals surface area contributed by atoms with Crippen LogP contribution in [0.5, 0.6) is 5.75 Å². The Morgan fingerprint density at radius 1 is 1.29 bits per heavy atom. The van der Waals surface area contributed by atoms with Gasteiger partial charge in [-0.25, -0.2) is 4.68 Å². The summed E-state index contributed by atoms with van der Waals surface area (Å²) in [6, 6.07) is 12.3. The first kappa shape index (κ1) is 13.5. The maximum Gasteiger partial charge on any atom is 0.121 e. The highest BCUT2D eigenvalue weighted by atomic mass is 32.2. The van der Waals surface area contributed by atoms with Crippen molar-refractivity contribution in [2.45, 2.75) is 0 Å². The third-order valence-corrected chi connectivity index (χ3v) is 3.35. The highest BCUT2D eigenvalue weighted by Crippen LogP contribution is 2.22. The largest absolute Gasteiger partial charge is 0.755 e. The molecule has 3 aromatic rings. The Morgan fingerprint density at radius 3 is 2.90 bits per heavy atom. The van der Waals surface area contributed by atoms with Crippen molar-refractivity contribution in [3.63, 3.8) is 0 Å². The van der Waals surface area contributed by atoms with Gasteiger partial charge in [-0.05, 0) is 30.3 Å². The molecular formula is C13H11N4O3S-. The lowest BCUT2D eigenvalue weighted by atomic mass is 10.2. The van der Waals surface area contributed by atoms with Crippen LogP contribution < -0.4 is 9.46 Å². The number of nitrogens with zero attached hydrogens (tertiary/aromatic N) is 3. The van der Waals surface area contributed by atoms with E-state index in [0.29, 0.717) is 22.6 Å². The maximum atomic E-state index is 10.7. The monoisotopic (exact) mass is 303 g/mol. The normalized spacial score (nSPS) is 12.3. The summed E-state index contributed by atoms with van der Waals surface area (Å²) in [5.41, 5.74) is 2.66. The Balaban J connectivity index is 2.06. The van der Waals surface area contributed by atoms with Gasteiger partial charge < -0.3 is 14.0 Å². The fourth-order valence-corrected chi connectivity index (χ4v) is 2.34. The van der Waals surface area contributed by atoms with E-state index >= 15 is 0 Å². The molecule has 0 radical (unpaired) electrons. The number of hydrogen-bond acceptors (Lipinski definition) is 5. The molecule has 3 rings (SSSR count). The second-order valence-corrected chi connectivity index (χ2v) is 4.92. The highest BCUT2D eigenvalue weighted by molar-refractivity contribution is 7.80. The van der Waals surface area contributed by atoms with E-state index in [1.165, 1.54) is 0 Å². The summed E-state index contributed by atoms with van der Waals surface area (Å²) in [5, 5.41) is 8.18. The molecule has 7 nitrogen and oxygen atoms in total. The molecule has 2 aromatic carbocycles. The fourth-order valence-electron chi connectivity index (χ4n) is 2.02. The Morgan fingerprint density at radius 2 is 2.14 bits per heavy atom. The van der Waals surface area contributed by atoms with Crippen LogP contribution in [0.1, 0.15) is 0 Å². The molecule has 0 aliphatic carbocycles. The van der Waals surface area contributed by atoms with E-state index in [1.807, 2.05) is 18.2 Å². The van der Waals surface area contributed by atoms with Crippen LogP contribution in [0.25, 0.3) is 16.7 Å². The lowest BCUT2D eigenvalue weighted by molar-refractivity contribution is 0.415. The minimum atomic E-state index is -2.36. The number of anilines is 1. The molecule has 0 saturated heterocycles. The van der Waals surface area contributed by atoms with E-state index in [-0.39, 0.29) is 0 Å². The maximum absolute atomic E-state index is 10.7. The van der Waals surface area contributed by atoms with Crippen LogP contribution in [0, 0.1) is 0 Å². The van der Waals surface area contributed by atoms with E-state index in [0.717, 1.165) is 5.52 Å². The summed E-state index contributed by atoms with van der Waals surface area (Å²) in [7, 11) is 1.59. The van der Waals surface area contributed by atoms with Gasteiger partial charge in [0, 0.05) is 23.0 Å². The third-order valence-electron chi connectivity index (χ3n) is 2.94. The van der Waals surface area contributed by atoms with Gasteiger partial charge in [0.25, 0.3) is 0 Å². The minimum absolute atomic E-state index is 0.456. The van der Waals surface area contributed by atoms with Crippen LogP contribution in [-0.2, 0) is 11.3 Å². The summed E-state index contributed by atoms with van der Waals surface area (Å²) in [5.74, 6) is 0.701. The van der Waals surface area contributed by atoms with E-state index in [2.05, 4.69) is 15.0 Å². The molecule has 0 bridgehead atoms. The number of hydrogen-bond donors (Lipinski definition) is 1. The van der Waals surface area contributed by atoms with Crippen molar-refractivity contribution in [1.29, 1.82) is 0 Å². The third kappa shape index (κ3) is 2.71. The van der Waals surface area contributed by atoms with Gasteiger partial charge in [-0.1, -0.05) is 11.3 Å². The minimum Gasteiger partial charge on any atom is -0.755 e. The van der Waals surface area contributed by atoms with Crippen LogP contribution in [0.3, 0.4) is 0 Å². The number of methoxy groups -OCH3 is 1. The van der Waals surface area contributed by atoms with Gasteiger partial charge in [-0.2, -0.15) is 0 Å². The average molecular weight is 303 g/mol. The van der Waals surface area contributed by atoms with Crippen LogP contribution >= 0.6 is 0 Å². The summed E-state index contributed by atoms with van der Waals surface area (Å²) < 4.78 is 30.5. The van der Waals surface area contributed by atoms with Gasteiger partial charge >= 0.3 is 0 Å². The Labute approximate surface area is 123 Å². The van der Waals surface area contributed by atoms with Crippen molar-refractivity contribution < 1.29 is 13.5 Å². The standard InChI is InChI=1S/C13H12N4O3S/c1-20-11-5-6-13-12(8-11)14-16-17(13)10-4-2-3-9(7-10)15-21(18)19/h2-8,15H,1H3,(H,18,19)/p-1. The molecule has 21 heavy (non-hydrogen) atoms. The van der Waals surface area contributed by atoms with Gasteiger partial charge in [-0.3, -0.25) is 4.21 Å². The molecule has 8 heteroatoms. The van der Waals surface area contributed by atoms with Crippen LogP contribution in [0.15, 0.2) is 42.5 Å². The topological polar surface area (TPSA) is 92.1 Å². The molecule has 0 saturated carbocycles. The molecule has 1 atom stereocenters. The van der Waals surface area contributed by atoms with Gasteiger partial charge in [0.1, 0.15) is 11.3 Å². The SMILES string of the molecule is COc1ccc2c(c1)nnn2-c1cccc(NS(=O)[O-])c1. The fraction of sp³-hybridized carbons (Fsp3) is 0.0769. The van der Waals surface area contributed by atoms with E-state index < -0.39 is 11.3 Å². The molecule has 0 spiro atoms. The van der Waals surface area contributed by atoms with Gasteiger partial charge in [-0.15, -0.1) is 5.10 Å². The number of aromatic nitrogens is 3. The van der Waals surface area contributed by atoms with Crippen molar-refractivity contribution in [2.24, 2.45) is 0 Å². The Bertz CT molecular complexity index is 818. The zero-order valence-electron chi connectivity index (χ0n) is 11.0. The van der Waals surface area contributed by atoms with Crippen LogP contribution in [0.4, 0.5) is 5.69 Å². The lowest BCUT2D eigenvalue weighted by Crippen LogP contribution is -2.03. The van der Waals surface area contributed by atoms with Crippen molar-refractivity contribution in [3.05, 3.63) is 42.5 Å². The lowest BCUT2D eigenvalue weighted by Gasteiger charge is -2.10. The van der Waals surface area contributed by atoms with Crippen LogP contribution in [0.2, 0.25) is 0 Å².